The third kappa shape index (κ3) is 7.28. The highest BCUT2D eigenvalue weighted by atomic mass is 16.5. The van der Waals surface area contributed by atoms with Gasteiger partial charge in [-0.1, -0.05) is 31.7 Å². The number of allylic oxidation sites excluding steroid dienone is 3. The highest BCUT2D eigenvalue weighted by molar-refractivity contribution is 5.92. The molecule has 0 aromatic heterocycles. The lowest BCUT2D eigenvalue weighted by Crippen LogP contribution is -2.06. The van der Waals surface area contributed by atoms with E-state index in [4.69, 9.17) is 4.74 Å². The second-order valence-corrected chi connectivity index (χ2v) is 3.40. The Labute approximate surface area is 103 Å². The Hall–Kier alpha value is -1.64. The van der Waals surface area contributed by atoms with Crippen molar-refractivity contribution < 1.29 is 14.3 Å². The van der Waals surface area contributed by atoms with E-state index in [2.05, 4.69) is 6.58 Å². The van der Waals surface area contributed by atoms with Crippen LogP contribution in [0.5, 0.6) is 0 Å². The largest absolute Gasteiger partial charge is 0.462 e. The maximum Gasteiger partial charge on any atom is 0.337 e. The van der Waals surface area contributed by atoms with Crippen molar-refractivity contribution in [3.63, 3.8) is 0 Å². The summed E-state index contributed by atoms with van der Waals surface area (Å²) in [6.45, 7) is 7.50. The predicted octanol–water partition coefficient (Wildman–Crippen LogP) is 2.98. The number of hydrogen-bond acceptors (Lipinski definition) is 3. The average molecular weight is 236 g/mol. The van der Waals surface area contributed by atoms with Gasteiger partial charge < -0.3 is 4.74 Å². The minimum atomic E-state index is -0.344. The maximum atomic E-state index is 11.5. The quantitative estimate of drug-likeness (QED) is 0.369. The summed E-state index contributed by atoms with van der Waals surface area (Å²) in [6, 6.07) is 0. The Morgan fingerprint density at radius 3 is 2.53 bits per heavy atom. The third-order valence-corrected chi connectivity index (χ3v) is 2.03. The lowest BCUT2D eigenvalue weighted by atomic mass is 10.1. The fourth-order valence-electron chi connectivity index (χ4n) is 1.15. The minimum Gasteiger partial charge on any atom is -0.462 e. The van der Waals surface area contributed by atoms with Crippen molar-refractivity contribution in [2.24, 2.45) is 0 Å². The van der Waals surface area contributed by atoms with E-state index in [1.807, 2.05) is 13.0 Å². The fourth-order valence-corrected chi connectivity index (χ4v) is 1.15. The van der Waals surface area contributed by atoms with Crippen LogP contribution in [0.3, 0.4) is 0 Å². The van der Waals surface area contributed by atoms with Crippen molar-refractivity contribution in [1.29, 1.82) is 0 Å². The van der Waals surface area contributed by atoms with Crippen LogP contribution >= 0.6 is 0 Å². The number of ether oxygens (including phenoxy) is 1. The second-order valence-electron chi connectivity index (χ2n) is 3.40. The van der Waals surface area contributed by atoms with Gasteiger partial charge in [0.15, 0.2) is 5.78 Å². The molecule has 0 fully saturated rings. The Morgan fingerprint density at radius 1 is 1.29 bits per heavy atom. The molecule has 0 amide bonds. The van der Waals surface area contributed by atoms with Crippen molar-refractivity contribution in [2.75, 3.05) is 6.61 Å². The van der Waals surface area contributed by atoms with E-state index < -0.39 is 0 Å². The Bertz CT molecular complexity index is 324. The summed E-state index contributed by atoms with van der Waals surface area (Å²) in [5.41, 5.74) is 0.505. The second kappa shape index (κ2) is 9.58. The van der Waals surface area contributed by atoms with E-state index >= 15 is 0 Å². The lowest BCUT2D eigenvalue weighted by Gasteiger charge is -2.02. The zero-order valence-corrected chi connectivity index (χ0v) is 10.6. The minimum absolute atomic E-state index is 0.0241. The van der Waals surface area contributed by atoms with Gasteiger partial charge in [-0.2, -0.15) is 0 Å². The Morgan fingerprint density at radius 2 is 2.00 bits per heavy atom. The molecule has 0 spiro atoms. The van der Waals surface area contributed by atoms with Crippen LogP contribution in [0.1, 0.15) is 33.1 Å². The molecule has 0 bridgehead atoms. The monoisotopic (exact) mass is 236 g/mol. The van der Waals surface area contributed by atoms with Crippen LogP contribution in [0.4, 0.5) is 0 Å². The van der Waals surface area contributed by atoms with Gasteiger partial charge in [0.25, 0.3) is 0 Å². The summed E-state index contributed by atoms with van der Waals surface area (Å²) in [6.07, 6.45) is 8.38. The highest BCUT2D eigenvalue weighted by Gasteiger charge is 2.06. The third-order valence-electron chi connectivity index (χ3n) is 2.03. The Balaban J connectivity index is 4.50. The summed E-state index contributed by atoms with van der Waals surface area (Å²) >= 11 is 0. The van der Waals surface area contributed by atoms with E-state index in [1.165, 1.54) is 6.08 Å². The van der Waals surface area contributed by atoms with Gasteiger partial charge >= 0.3 is 5.97 Å². The normalized spacial score (nSPS) is 11.5. The summed E-state index contributed by atoms with van der Waals surface area (Å²) in [4.78, 5) is 22.6. The van der Waals surface area contributed by atoms with E-state index in [-0.39, 0.29) is 11.8 Å². The van der Waals surface area contributed by atoms with Gasteiger partial charge in [0, 0.05) is 6.42 Å². The molecule has 0 aliphatic rings. The molecule has 0 atom stereocenters. The molecule has 0 saturated carbocycles. The summed E-state index contributed by atoms with van der Waals surface area (Å²) in [5, 5.41) is 0. The van der Waals surface area contributed by atoms with Crippen LogP contribution in [0, 0.1) is 0 Å². The first-order chi connectivity index (χ1) is 8.15. The number of ketones is 1. The number of hydrogen-bond donors (Lipinski definition) is 0. The van der Waals surface area contributed by atoms with Gasteiger partial charge in [0.05, 0.1) is 12.2 Å². The molecule has 0 aliphatic carbocycles. The fraction of sp³-hybridized carbons (Fsp3) is 0.429. The van der Waals surface area contributed by atoms with E-state index in [0.29, 0.717) is 25.0 Å². The van der Waals surface area contributed by atoms with Crippen LogP contribution in [0.15, 0.2) is 36.5 Å². The standard InChI is InChI=1S/C14H20O3/c1-4-7-9-12(14(16)17-6-3)10-8-11-13(15)5-2/h5,7,9-10H,2,4,6,8,11H2,1,3H3/b9-7+,12-10-. The molecule has 0 saturated heterocycles. The molecule has 0 aliphatic heterocycles. The Kier molecular flexibility index (Phi) is 8.65. The van der Waals surface area contributed by atoms with Crippen LogP contribution in [0.25, 0.3) is 0 Å². The molecule has 0 aromatic rings. The predicted molar refractivity (Wildman–Crippen MR) is 68.6 cm³/mol. The topological polar surface area (TPSA) is 43.4 Å². The highest BCUT2D eigenvalue weighted by Crippen LogP contribution is 2.06. The zero-order valence-electron chi connectivity index (χ0n) is 10.6. The zero-order chi connectivity index (χ0) is 13.1. The number of rotatable bonds is 8. The maximum absolute atomic E-state index is 11.5. The van der Waals surface area contributed by atoms with Crippen molar-refractivity contribution in [1.82, 2.24) is 0 Å². The molecule has 94 valence electrons. The van der Waals surface area contributed by atoms with E-state index in [0.717, 1.165) is 6.42 Å². The first kappa shape index (κ1) is 15.4. The van der Waals surface area contributed by atoms with Crippen molar-refractivity contribution in [2.45, 2.75) is 33.1 Å². The SMILES string of the molecule is C=CC(=O)CC/C=C(/C=C/CC)C(=O)OCC. The number of carbonyl (C=O) groups excluding carboxylic acids is 2. The van der Waals surface area contributed by atoms with Gasteiger partial charge in [0.1, 0.15) is 0 Å². The number of esters is 1. The molecule has 3 nitrogen and oxygen atoms in total. The molecule has 3 heteroatoms. The van der Waals surface area contributed by atoms with Crippen molar-refractivity contribution in [3.8, 4) is 0 Å². The van der Waals surface area contributed by atoms with Crippen LogP contribution < -0.4 is 0 Å². The summed E-state index contributed by atoms with van der Waals surface area (Å²) in [5.74, 6) is -0.368. The van der Waals surface area contributed by atoms with Gasteiger partial charge in [-0.3, -0.25) is 4.79 Å². The molecule has 0 rings (SSSR count). The molecular formula is C14H20O3. The van der Waals surface area contributed by atoms with Gasteiger partial charge in [-0.05, 0) is 25.8 Å². The van der Waals surface area contributed by atoms with Gasteiger partial charge in [-0.25, -0.2) is 4.79 Å². The molecule has 0 unspecified atom stereocenters. The summed E-state index contributed by atoms with van der Waals surface area (Å²) in [7, 11) is 0. The van der Waals surface area contributed by atoms with E-state index in [1.54, 1.807) is 19.1 Å². The molecule has 0 radical (unpaired) electrons. The number of carbonyl (C=O) groups is 2. The van der Waals surface area contributed by atoms with Crippen molar-refractivity contribution in [3.05, 3.63) is 36.5 Å². The van der Waals surface area contributed by atoms with Crippen LogP contribution in [-0.4, -0.2) is 18.4 Å². The van der Waals surface area contributed by atoms with Crippen LogP contribution in [0.2, 0.25) is 0 Å². The van der Waals surface area contributed by atoms with Gasteiger partial charge in [-0.15, -0.1) is 0 Å². The van der Waals surface area contributed by atoms with Crippen molar-refractivity contribution >= 4 is 11.8 Å². The van der Waals surface area contributed by atoms with Crippen LogP contribution in [-0.2, 0) is 14.3 Å². The first-order valence-electron chi connectivity index (χ1n) is 5.84. The van der Waals surface area contributed by atoms with E-state index in [9.17, 15) is 9.59 Å². The molecule has 0 aromatic carbocycles. The smallest absolute Gasteiger partial charge is 0.337 e. The van der Waals surface area contributed by atoms with Gasteiger partial charge in [0.2, 0.25) is 0 Å². The molecular weight excluding hydrogens is 216 g/mol. The molecule has 0 N–H and O–H groups in total. The average Bonchev–Trinajstić information content (AvgIpc) is 2.33. The molecule has 17 heavy (non-hydrogen) atoms. The lowest BCUT2D eigenvalue weighted by molar-refractivity contribution is -0.138. The first-order valence-corrected chi connectivity index (χ1v) is 5.84. The summed E-state index contributed by atoms with van der Waals surface area (Å²) < 4.78 is 4.92. The molecule has 0 heterocycles.